The highest BCUT2D eigenvalue weighted by Crippen LogP contribution is 2.31. The fourth-order valence-corrected chi connectivity index (χ4v) is 2.50. The Balaban J connectivity index is 2.22. The van der Waals surface area contributed by atoms with Gasteiger partial charge in [0.1, 0.15) is 11.5 Å². The Morgan fingerprint density at radius 2 is 2.25 bits per heavy atom. The van der Waals surface area contributed by atoms with Crippen molar-refractivity contribution in [2.75, 3.05) is 18.9 Å². The van der Waals surface area contributed by atoms with Gasteiger partial charge in [0.15, 0.2) is 0 Å². The summed E-state index contributed by atoms with van der Waals surface area (Å²) < 4.78 is 13.5. The number of nitrogens with one attached hydrogen (secondary N) is 1. The Morgan fingerprint density at radius 3 is 2.85 bits per heavy atom. The number of nitro benzene ring substituents is 1. The highest BCUT2D eigenvalue weighted by atomic mass is 79.9. The number of amides is 1. The average Bonchev–Trinajstić information content (AvgIpc) is 2.37. The van der Waals surface area contributed by atoms with Crippen LogP contribution in [0.3, 0.4) is 0 Å². The Hall–Kier alpha value is -1.70. The summed E-state index contributed by atoms with van der Waals surface area (Å²) in [6.07, 6.45) is 0.986. The molecule has 1 fully saturated rings. The SMILES string of the molecule is CN1CC(Nc2cc(Br)c(F)cc2[N+](=O)[O-])CCC1=O. The quantitative estimate of drug-likeness (QED) is 0.674. The first-order chi connectivity index (χ1) is 9.38. The molecule has 8 heteroatoms. The second-order valence-electron chi connectivity index (χ2n) is 4.69. The lowest BCUT2D eigenvalue weighted by molar-refractivity contribution is -0.384. The minimum absolute atomic E-state index is 0.0536. The van der Waals surface area contributed by atoms with E-state index in [1.807, 2.05) is 0 Å². The number of carbonyl (C=O) groups excluding carboxylic acids is 1. The van der Waals surface area contributed by atoms with Crippen LogP contribution in [0.5, 0.6) is 0 Å². The molecule has 2 rings (SSSR count). The van der Waals surface area contributed by atoms with Gasteiger partial charge in [0.25, 0.3) is 5.69 Å². The fraction of sp³-hybridized carbons (Fsp3) is 0.417. The minimum atomic E-state index is -0.682. The summed E-state index contributed by atoms with van der Waals surface area (Å²) >= 11 is 3.01. The Labute approximate surface area is 123 Å². The van der Waals surface area contributed by atoms with Crippen molar-refractivity contribution in [1.82, 2.24) is 4.90 Å². The number of likely N-dealkylation sites (N-methyl/N-ethyl adjacent to an activating group) is 1. The number of carbonyl (C=O) groups is 1. The van der Waals surface area contributed by atoms with Crippen LogP contribution in [0.1, 0.15) is 12.8 Å². The number of hydrogen-bond donors (Lipinski definition) is 1. The molecule has 1 saturated heterocycles. The van der Waals surface area contributed by atoms with Gasteiger partial charge in [-0.25, -0.2) is 4.39 Å². The maximum Gasteiger partial charge on any atom is 0.295 e. The van der Waals surface area contributed by atoms with Crippen LogP contribution < -0.4 is 5.32 Å². The lowest BCUT2D eigenvalue weighted by Gasteiger charge is -2.30. The molecule has 0 spiro atoms. The first-order valence-electron chi connectivity index (χ1n) is 6.02. The first-order valence-corrected chi connectivity index (χ1v) is 6.81. The van der Waals surface area contributed by atoms with Crippen LogP contribution in [0.25, 0.3) is 0 Å². The van der Waals surface area contributed by atoms with Crippen molar-refractivity contribution in [3.8, 4) is 0 Å². The molecule has 1 aliphatic heterocycles. The molecule has 0 bridgehead atoms. The van der Waals surface area contributed by atoms with Gasteiger partial charge in [0, 0.05) is 26.1 Å². The number of nitrogens with zero attached hydrogens (tertiary/aromatic N) is 2. The second kappa shape index (κ2) is 5.74. The lowest BCUT2D eigenvalue weighted by atomic mass is 10.1. The number of rotatable bonds is 3. The van der Waals surface area contributed by atoms with E-state index in [1.165, 1.54) is 6.07 Å². The zero-order chi connectivity index (χ0) is 14.9. The van der Waals surface area contributed by atoms with Crippen molar-refractivity contribution in [3.05, 3.63) is 32.5 Å². The molecule has 1 heterocycles. The topological polar surface area (TPSA) is 75.5 Å². The molecule has 0 aliphatic carbocycles. The van der Waals surface area contributed by atoms with E-state index in [9.17, 15) is 19.3 Å². The van der Waals surface area contributed by atoms with E-state index in [1.54, 1.807) is 11.9 Å². The number of hydrogen-bond acceptors (Lipinski definition) is 4. The number of piperidine rings is 1. The standard InChI is InChI=1S/C12H13BrFN3O3/c1-16-6-7(2-3-12(16)18)15-10-4-8(13)9(14)5-11(10)17(19)20/h4-5,7,15H,2-3,6H2,1H3. The summed E-state index contributed by atoms with van der Waals surface area (Å²) in [4.78, 5) is 23.3. The summed E-state index contributed by atoms with van der Waals surface area (Å²) in [5.41, 5.74) is -0.0683. The van der Waals surface area contributed by atoms with Crippen molar-refractivity contribution >= 4 is 33.2 Å². The van der Waals surface area contributed by atoms with E-state index in [2.05, 4.69) is 21.2 Å². The molecule has 20 heavy (non-hydrogen) atoms. The third-order valence-corrected chi connectivity index (χ3v) is 3.83. The lowest BCUT2D eigenvalue weighted by Crippen LogP contribution is -2.43. The van der Waals surface area contributed by atoms with Gasteiger partial charge in [-0.1, -0.05) is 0 Å². The molecule has 1 aromatic rings. The summed E-state index contributed by atoms with van der Waals surface area (Å²) in [6.45, 7) is 0.463. The van der Waals surface area contributed by atoms with Gasteiger partial charge in [-0.3, -0.25) is 14.9 Å². The van der Waals surface area contributed by atoms with E-state index in [0.29, 0.717) is 19.4 Å². The van der Waals surface area contributed by atoms with E-state index in [-0.39, 0.29) is 27.8 Å². The van der Waals surface area contributed by atoms with Crippen LogP contribution in [0.15, 0.2) is 16.6 Å². The Morgan fingerprint density at radius 1 is 1.55 bits per heavy atom. The fourth-order valence-electron chi connectivity index (χ4n) is 2.15. The molecule has 1 N–H and O–H groups in total. The highest BCUT2D eigenvalue weighted by Gasteiger charge is 2.25. The summed E-state index contributed by atoms with van der Waals surface area (Å²) in [7, 11) is 1.69. The normalized spacial score (nSPS) is 19.1. The third-order valence-electron chi connectivity index (χ3n) is 3.22. The summed E-state index contributed by atoms with van der Waals surface area (Å²) in [6, 6.07) is 2.14. The van der Waals surface area contributed by atoms with Gasteiger partial charge in [-0.05, 0) is 28.4 Å². The van der Waals surface area contributed by atoms with E-state index in [0.717, 1.165) is 6.07 Å². The molecule has 1 aliphatic rings. The van der Waals surface area contributed by atoms with E-state index in [4.69, 9.17) is 0 Å². The predicted octanol–water partition coefficient (Wildman–Crippen LogP) is 2.53. The number of nitro groups is 1. The number of anilines is 1. The van der Waals surface area contributed by atoms with Gasteiger partial charge in [-0.2, -0.15) is 0 Å². The average molecular weight is 346 g/mol. The number of halogens is 2. The van der Waals surface area contributed by atoms with Gasteiger partial charge in [0.05, 0.1) is 15.5 Å². The van der Waals surface area contributed by atoms with Gasteiger partial charge < -0.3 is 10.2 Å². The van der Waals surface area contributed by atoms with Gasteiger partial charge >= 0.3 is 0 Å². The minimum Gasteiger partial charge on any atom is -0.375 e. The maximum atomic E-state index is 13.4. The Kier molecular flexibility index (Phi) is 4.22. The zero-order valence-corrected chi connectivity index (χ0v) is 12.3. The molecular formula is C12H13BrFN3O3. The largest absolute Gasteiger partial charge is 0.375 e. The van der Waals surface area contributed by atoms with Crippen LogP contribution in [0.2, 0.25) is 0 Å². The van der Waals surface area contributed by atoms with E-state index < -0.39 is 10.7 Å². The number of benzene rings is 1. The summed E-state index contributed by atoms with van der Waals surface area (Å²) in [5.74, 6) is -0.629. The van der Waals surface area contributed by atoms with Crippen LogP contribution in [0, 0.1) is 15.9 Å². The molecule has 1 unspecified atom stereocenters. The predicted molar refractivity (Wildman–Crippen MR) is 75.0 cm³/mol. The van der Waals surface area contributed by atoms with Crippen LogP contribution >= 0.6 is 15.9 Å². The molecule has 1 amide bonds. The summed E-state index contributed by atoms with van der Waals surface area (Å²) in [5, 5.41) is 14.0. The molecule has 1 atom stereocenters. The maximum absolute atomic E-state index is 13.4. The molecule has 0 aromatic heterocycles. The van der Waals surface area contributed by atoms with Crippen molar-refractivity contribution in [1.29, 1.82) is 0 Å². The van der Waals surface area contributed by atoms with Crippen molar-refractivity contribution in [2.24, 2.45) is 0 Å². The molecular weight excluding hydrogens is 333 g/mol. The van der Waals surface area contributed by atoms with Crippen molar-refractivity contribution < 1.29 is 14.1 Å². The van der Waals surface area contributed by atoms with Crippen LogP contribution in [-0.4, -0.2) is 35.4 Å². The van der Waals surface area contributed by atoms with Crippen LogP contribution in [0.4, 0.5) is 15.8 Å². The Bertz CT molecular complexity index is 567. The molecule has 0 saturated carbocycles. The number of likely N-dealkylation sites (tertiary alicyclic amines) is 1. The van der Waals surface area contributed by atoms with Gasteiger partial charge in [-0.15, -0.1) is 0 Å². The molecule has 108 valence electrons. The zero-order valence-electron chi connectivity index (χ0n) is 10.7. The van der Waals surface area contributed by atoms with Crippen molar-refractivity contribution in [2.45, 2.75) is 18.9 Å². The molecule has 0 radical (unpaired) electrons. The monoisotopic (exact) mass is 345 g/mol. The molecule has 6 nitrogen and oxygen atoms in total. The third kappa shape index (κ3) is 3.06. The van der Waals surface area contributed by atoms with Gasteiger partial charge in [0.2, 0.25) is 5.91 Å². The van der Waals surface area contributed by atoms with E-state index >= 15 is 0 Å². The highest BCUT2D eigenvalue weighted by molar-refractivity contribution is 9.10. The van der Waals surface area contributed by atoms with Crippen molar-refractivity contribution in [3.63, 3.8) is 0 Å². The second-order valence-corrected chi connectivity index (χ2v) is 5.55. The molecule has 1 aromatic carbocycles. The first kappa shape index (κ1) is 14.7. The van der Waals surface area contributed by atoms with Crippen LogP contribution in [-0.2, 0) is 4.79 Å². The smallest absolute Gasteiger partial charge is 0.295 e.